The molecule has 0 aliphatic carbocycles. The standard InChI is InChI=1S/C19H26N4O2/c1-2-3-8-20-18(24)14-22-9-11-23(12-10-22)19(25)17-13-15-6-4-5-7-16(15)21-17/h4-7,13,21H,2-3,8-12,14H2,1H3,(H,20,24). The minimum Gasteiger partial charge on any atom is -0.355 e. The number of nitrogens with zero attached hydrogens (tertiary/aromatic N) is 2. The Morgan fingerprint density at radius 2 is 1.92 bits per heavy atom. The zero-order chi connectivity index (χ0) is 17.6. The van der Waals surface area contributed by atoms with Gasteiger partial charge in [-0.05, 0) is 18.6 Å². The second kappa shape index (κ2) is 8.16. The van der Waals surface area contributed by atoms with Crippen molar-refractivity contribution in [1.29, 1.82) is 0 Å². The predicted octanol–water partition coefficient (Wildman–Crippen LogP) is 1.84. The lowest BCUT2D eigenvalue weighted by atomic mass is 10.2. The molecule has 0 radical (unpaired) electrons. The smallest absolute Gasteiger partial charge is 0.270 e. The Hall–Kier alpha value is -2.34. The summed E-state index contributed by atoms with van der Waals surface area (Å²) in [7, 11) is 0. The first-order chi connectivity index (χ1) is 12.2. The average molecular weight is 342 g/mol. The molecule has 1 aliphatic heterocycles. The Bertz CT molecular complexity index is 699. The molecule has 0 bridgehead atoms. The number of aromatic nitrogens is 1. The Morgan fingerprint density at radius 3 is 2.64 bits per heavy atom. The van der Waals surface area contributed by atoms with Gasteiger partial charge in [-0.2, -0.15) is 0 Å². The van der Waals surface area contributed by atoms with Crippen molar-refractivity contribution in [3.63, 3.8) is 0 Å². The first kappa shape index (κ1) is 17.5. The number of unbranched alkanes of at least 4 members (excludes halogenated alkanes) is 1. The van der Waals surface area contributed by atoms with Crippen LogP contribution in [0.5, 0.6) is 0 Å². The van der Waals surface area contributed by atoms with E-state index >= 15 is 0 Å². The lowest BCUT2D eigenvalue weighted by Gasteiger charge is -2.34. The minimum atomic E-state index is 0.0308. The van der Waals surface area contributed by atoms with Crippen molar-refractivity contribution in [3.8, 4) is 0 Å². The molecule has 2 N–H and O–H groups in total. The number of carbonyl (C=O) groups excluding carboxylic acids is 2. The number of aromatic amines is 1. The second-order valence-corrected chi connectivity index (χ2v) is 6.54. The van der Waals surface area contributed by atoms with Crippen LogP contribution in [0, 0.1) is 0 Å². The number of rotatable bonds is 6. The van der Waals surface area contributed by atoms with E-state index in [1.54, 1.807) is 0 Å². The zero-order valence-corrected chi connectivity index (χ0v) is 14.8. The Balaban J connectivity index is 1.50. The van der Waals surface area contributed by atoms with Gasteiger partial charge in [-0.1, -0.05) is 31.5 Å². The van der Waals surface area contributed by atoms with Crippen LogP contribution in [-0.4, -0.2) is 65.9 Å². The summed E-state index contributed by atoms with van der Waals surface area (Å²) >= 11 is 0. The average Bonchev–Trinajstić information content (AvgIpc) is 3.06. The van der Waals surface area contributed by atoms with Crippen LogP contribution in [0.25, 0.3) is 10.9 Å². The van der Waals surface area contributed by atoms with Crippen LogP contribution in [0.15, 0.2) is 30.3 Å². The van der Waals surface area contributed by atoms with Crippen molar-refractivity contribution in [1.82, 2.24) is 20.1 Å². The fourth-order valence-electron chi connectivity index (χ4n) is 3.13. The van der Waals surface area contributed by atoms with Gasteiger partial charge >= 0.3 is 0 Å². The number of H-pyrrole nitrogens is 1. The van der Waals surface area contributed by atoms with Crippen molar-refractivity contribution in [3.05, 3.63) is 36.0 Å². The van der Waals surface area contributed by atoms with Crippen molar-refractivity contribution in [2.45, 2.75) is 19.8 Å². The van der Waals surface area contributed by atoms with Crippen LogP contribution in [0.3, 0.4) is 0 Å². The highest BCUT2D eigenvalue weighted by atomic mass is 16.2. The molecule has 134 valence electrons. The molecule has 6 heteroatoms. The highest BCUT2D eigenvalue weighted by Crippen LogP contribution is 2.16. The third-order valence-electron chi connectivity index (χ3n) is 4.64. The van der Waals surface area contributed by atoms with E-state index in [0.717, 1.165) is 43.4 Å². The Morgan fingerprint density at radius 1 is 1.16 bits per heavy atom. The van der Waals surface area contributed by atoms with Crippen molar-refractivity contribution in [2.24, 2.45) is 0 Å². The van der Waals surface area contributed by atoms with Gasteiger partial charge in [-0.15, -0.1) is 0 Å². The maximum Gasteiger partial charge on any atom is 0.270 e. The molecule has 6 nitrogen and oxygen atoms in total. The number of amides is 2. The molecule has 1 aliphatic rings. The molecule has 2 amide bonds. The van der Waals surface area contributed by atoms with Gasteiger partial charge < -0.3 is 15.2 Å². The molecular formula is C19H26N4O2. The van der Waals surface area contributed by atoms with E-state index in [0.29, 0.717) is 25.3 Å². The van der Waals surface area contributed by atoms with E-state index in [4.69, 9.17) is 0 Å². The molecule has 3 rings (SSSR count). The number of hydrogen-bond acceptors (Lipinski definition) is 3. The van der Waals surface area contributed by atoms with Crippen LogP contribution in [-0.2, 0) is 4.79 Å². The summed E-state index contributed by atoms with van der Waals surface area (Å²) in [6.45, 7) is 6.02. The maximum atomic E-state index is 12.7. The normalized spacial score (nSPS) is 15.5. The van der Waals surface area contributed by atoms with Crippen molar-refractivity contribution >= 4 is 22.7 Å². The predicted molar refractivity (Wildman–Crippen MR) is 98.6 cm³/mol. The SMILES string of the molecule is CCCCNC(=O)CN1CCN(C(=O)c2cc3ccccc3[nH]2)CC1. The lowest BCUT2D eigenvalue weighted by Crippen LogP contribution is -2.51. The fourth-order valence-corrected chi connectivity index (χ4v) is 3.13. The highest BCUT2D eigenvalue weighted by Gasteiger charge is 2.24. The molecule has 2 heterocycles. The number of carbonyl (C=O) groups is 2. The molecule has 25 heavy (non-hydrogen) atoms. The van der Waals surface area contributed by atoms with E-state index in [-0.39, 0.29) is 11.8 Å². The highest BCUT2D eigenvalue weighted by molar-refractivity contribution is 5.98. The third-order valence-corrected chi connectivity index (χ3v) is 4.64. The quantitative estimate of drug-likeness (QED) is 0.787. The zero-order valence-electron chi connectivity index (χ0n) is 14.8. The summed E-state index contributed by atoms with van der Waals surface area (Å²) in [4.78, 5) is 31.7. The number of nitrogens with one attached hydrogen (secondary N) is 2. The number of piperazine rings is 1. The summed E-state index contributed by atoms with van der Waals surface area (Å²) in [5, 5.41) is 3.99. The number of benzene rings is 1. The van der Waals surface area contributed by atoms with Gasteiger partial charge in [0, 0.05) is 43.6 Å². The van der Waals surface area contributed by atoms with Gasteiger partial charge in [0.05, 0.1) is 6.54 Å². The maximum absolute atomic E-state index is 12.7. The summed E-state index contributed by atoms with van der Waals surface area (Å²) < 4.78 is 0. The van der Waals surface area contributed by atoms with Crippen LogP contribution in [0.4, 0.5) is 0 Å². The molecule has 0 saturated carbocycles. The van der Waals surface area contributed by atoms with Crippen molar-refractivity contribution in [2.75, 3.05) is 39.3 Å². The number of para-hydroxylation sites is 1. The topological polar surface area (TPSA) is 68.4 Å². The molecule has 2 aromatic rings. The Kier molecular flexibility index (Phi) is 5.71. The molecule has 0 unspecified atom stereocenters. The summed E-state index contributed by atoms with van der Waals surface area (Å²) in [5.74, 6) is 0.104. The first-order valence-corrected chi connectivity index (χ1v) is 9.03. The van der Waals surface area contributed by atoms with Gasteiger partial charge in [0.2, 0.25) is 5.91 Å². The van der Waals surface area contributed by atoms with Crippen LogP contribution in [0.2, 0.25) is 0 Å². The van der Waals surface area contributed by atoms with Crippen LogP contribution >= 0.6 is 0 Å². The third kappa shape index (κ3) is 4.39. The van der Waals surface area contributed by atoms with E-state index < -0.39 is 0 Å². The minimum absolute atomic E-state index is 0.0308. The summed E-state index contributed by atoms with van der Waals surface area (Å²) in [6, 6.07) is 9.80. The van der Waals surface area contributed by atoms with E-state index in [1.165, 1.54) is 0 Å². The van der Waals surface area contributed by atoms with Gasteiger partial charge in [-0.3, -0.25) is 14.5 Å². The summed E-state index contributed by atoms with van der Waals surface area (Å²) in [6.07, 6.45) is 2.09. The van der Waals surface area contributed by atoms with E-state index in [9.17, 15) is 9.59 Å². The van der Waals surface area contributed by atoms with Gasteiger partial charge in [0.25, 0.3) is 5.91 Å². The van der Waals surface area contributed by atoms with Crippen LogP contribution in [0.1, 0.15) is 30.3 Å². The van der Waals surface area contributed by atoms with Gasteiger partial charge in [-0.25, -0.2) is 0 Å². The van der Waals surface area contributed by atoms with E-state index in [2.05, 4.69) is 22.1 Å². The lowest BCUT2D eigenvalue weighted by molar-refractivity contribution is -0.122. The molecule has 1 aromatic heterocycles. The molecular weight excluding hydrogens is 316 g/mol. The molecule has 1 fully saturated rings. The Labute approximate surface area is 148 Å². The molecule has 0 spiro atoms. The molecule has 0 atom stereocenters. The first-order valence-electron chi connectivity index (χ1n) is 9.03. The monoisotopic (exact) mass is 342 g/mol. The summed E-state index contributed by atoms with van der Waals surface area (Å²) in [5.41, 5.74) is 1.61. The van der Waals surface area contributed by atoms with Crippen LogP contribution < -0.4 is 5.32 Å². The number of fused-ring (bicyclic) bond motifs is 1. The van der Waals surface area contributed by atoms with Crippen molar-refractivity contribution < 1.29 is 9.59 Å². The van der Waals surface area contributed by atoms with E-state index in [1.807, 2.05) is 35.2 Å². The fraction of sp³-hybridized carbons (Fsp3) is 0.474. The van der Waals surface area contributed by atoms with Gasteiger partial charge in [0.15, 0.2) is 0 Å². The van der Waals surface area contributed by atoms with Gasteiger partial charge in [0.1, 0.15) is 5.69 Å². The number of hydrogen-bond donors (Lipinski definition) is 2. The largest absolute Gasteiger partial charge is 0.355 e. The molecule has 1 saturated heterocycles. The molecule has 1 aromatic carbocycles. The second-order valence-electron chi connectivity index (χ2n) is 6.54.